The SMILES string of the molecule is C=CCN1CCN(C(=O)c2cccs2)CC1. The van der Waals surface area contributed by atoms with Crippen LogP contribution in [0.15, 0.2) is 30.2 Å². The maximum absolute atomic E-state index is 12.0. The monoisotopic (exact) mass is 236 g/mol. The smallest absolute Gasteiger partial charge is 0.264 e. The Morgan fingerprint density at radius 1 is 1.44 bits per heavy atom. The molecule has 4 heteroatoms. The Labute approximate surface area is 100.0 Å². The molecule has 0 unspecified atom stereocenters. The highest BCUT2D eigenvalue weighted by molar-refractivity contribution is 7.12. The van der Waals surface area contributed by atoms with Crippen molar-refractivity contribution in [2.45, 2.75) is 0 Å². The Bertz CT molecular complexity index is 353. The second-order valence-electron chi connectivity index (χ2n) is 3.86. The van der Waals surface area contributed by atoms with E-state index in [-0.39, 0.29) is 5.91 Å². The number of carbonyl (C=O) groups is 1. The van der Waals surface area contributed by atoms with Crippen molar-refractivity contribution in [2.75, 3.05) is 32.7 Å². The highest BCUT2D eigenvalue weighted by Crippen LogP contribution is 2.13. The van der Waals surface area contributed by atoms with E-state index in [1.165, 1.54) is 11.3 Å². The van der Waals surface area contributed by atoms with Gasteiger partial charge in [-0.1, -0.05) is 12.1 Å². The van der Waals surface area contributed by atoms with Gasteiger partial charge in [-0.15, -0.1) is 17.9 Å². The van der Waals surface area contributed by atoms with Crippen LogP contribution in [-0.2, 0) is 0 Å². The van der Waals surface area contributed by atoms with Crippen molar-refractivity contribution in [1.29, 1.82) is 0 Å². The van der Waals surface area contributed by atoms with Crippen molar-refractivity contribution in [3.63, 3.8) is 0 Å². The molecule has 16 heavy (non-hydrogen) atoms. The largest absolute Gasteiger partial charge is 0.335 e. The number of rotatable bonds is 3. The van der Waals surface area contributed by atoms with E-state index >= 15 is 0 Å². The average molecular weight is 236 g/mol. The summed E-state index contributed by atoms with van der Waals surface area (Å²) in [6.45, 7) is 8.19. The molecule has 0 atom stereocenters. The molecule has 86 valence electrons. The van der Waals surface area contributed by atoms with E-state index in [9.17, 15) is 4.79 Å². The zero-order valence-electron chi connectivity index (χ0n) is 9.26. The molecule has 2 rings (SSSR count). The molecule has 0 bridgehead atoms. The summed E-state index contributed by atoms with van der Waals surface area (Å²) >= 11 is 1.51. The number of nitrogens with zero attached hydrogens (tertiary/aromatic N) is 2. The Balaban J connectivity index is 1.89. The Morgan fingerprint density at radius 2 is 2.19 bits per heavy atom. The molecule has 0 N–H and O–H groups in total. The molecule has 0 aromatic carbocycles. The lowest BCUT2D eigenvalue weighted by molar-refractivity contribution is 0.0655. The van der Waals surface area contributed by atoms with Crippen LogP contribution in [0.25, 0.3) is 0 Å². The Morgan fingerprint density at radius 3 is 2.75 bits per heavy atom. The first-order chi connectivity index (χ1) is 7.81. The van der Waals surface area contributed by atoms with Gasteiger partial charge in [-0.05, 0) is 11.4 Å². The summed E-state index contributed by atoms with van der Waals surface area (Å²) in [5.41, 5.74) is 0. The fourth-order valence-corrected chi connectivity index (χ4v) is 2.56. The third-order valence-corrected chi connectivity index (χ3v) is 3.64. The molecule has 3 nitrogen and oxygen atoms in total. The fraction of sp³-hybridized carbons (Fsp3) is 0.417. The second kappa shape index (κ2) is 5.27. The molecule has 0 saturated carbocycles. The normalized spacial score (nSPS) is 17.4. The van der Waals surface area contributed by atoms with E-state index in [1.54, 1.807) is 0 Å². The minimum atomic E-state index is 0.174. The standard InChI is InChI=1S/C12H16N2OS/c1-2-5-13-6-8-14(9-7-13)12(15)11-4-3-10-16-11/h2-4,10H,1,5-9H2. The van der Waals surface area contributed by atoms with Gasteiger partial charge in [-0.25, -0.2) is 0 Å². The molecule has 0 spiro atoms. The predicted octanol–water partition coefficient (Wildman–Crippen LogP) is 1.69. The van der Waals surface area contributed by atoms with Crippen LogP contribution in [0.5, 0.6) is 0 Å². The van der Waals surface area contributed by atoms with Crippen molar-refractivity contribution >= 4 is 17.2 Å². The van der Waals surface area contributed by atoms with Gasteiger partial charge in [0.1, 0.15) is 0 Å². The summed E-state index contributed by atoms with van der Waals surface area (Å²) in [5, 5.41) is 1.95. The van der Waals surface area contributed by atoms with Gasteiger partial charge in [0.05, 0.1) is 4.88 Å². The molecule has 1 fully saturated rings. The number of hydrogen-bond donors (Lipinski definition) is 0. The van der Waals surface area contributed by atoms with Gasteiger partial charge in [0, 0.05) is 32.7 Å². The molecular formula is C12H16N2OS. The number of hydrogen-bond acceptors (Lipinski definition) is 3. The fourth-order valence-electron chi connectivity index (χ4n) is 1.87. The molecule has 2 heterocycles. The average Bonchev–Trinajstić information content (AvgIpc) is 2.83. The number of piperazine rings is 1. The summed E-state index contributed by atoms with van der Waals surface area (Å²) in [6, 6.07) is 3.81. The maximum atomic E-state index is 12.0. The lowest BCUT2D eigenvalue weighted by Crippen LogP contribution is -2.48. The lowest BCUT2D eigenvalue weighted by atomic mass is 10.3. The number of thiophene rings is 1. The van der Waals surface area contributed by atoms with Gasteiger partial charge in [0.25, 0.3) is 5.91 Å². The van der Waals surface area contributed by atoms with E-state index in [0.717, 1.165) is 37.6 Å². The van der Waals surface area contributed by atoms with E-state index in [0.29, 0.717) is 0 Å². The Hall–Kier alpha value is -1.13. The first kappa shape index (κ1) is 11.4. The molecule has 1 aliphatic heterocycles. The summed E-state index contributed by atoms with van der Waals surface area (Å²) in [6.07, 6.45) is 1.91. The van der Waals surface area contributed by atoms with Crippen LogP contribution >= 0.6 is 11.3 Å². The van der Waals surface area contributed by atoms with Crippen LogP contribution in [0.2, 0.25) is 0 Å². The molecule has 0 aliphatic carbocycles. The van der Waals surface area contributed by atoms with Gasteiger partial charge in [-0.3, -0.25) is 9.69 Å². The first-order valence-corrected chi connectivity index (χ1v) is 6.35. The highest BCUT2D eigenvalue weighted by atomic mass is 32.1. The third-order valence-electron chi connectivity index (χ3n) is 2.78. The zero-order chi connectivity index (χ0) is 11.4. The van der Waals surface area contributed by atoms with Crippen molar-refractivity contribution < 1.29 is 4.79 Å². The van der Waals surface area contributed by atoms with E-state index in [2.05, 4.69) is 11.5 Å². The van der Waals surface area contributed by atoms with Crippen LogP contribution in [0.4, 0.5) is 0 Å². The maximum Gasteiger partial charge on any atom is 0.264 e. The molecular weight excluding hydrogens is 220 g/mol. The van der Waals surface area contributed by atoms with E-state index in [1.807, 2.05) is 28.5 Å². The van der Waals surface area contributed by atoms with Crippen molar-refractivity contribution in [3.8, 4) is 0 Å². The van der Waals surface area contributed by atoms with Gasteiger partial charge >= 0.3 is 0 Å². The number of amides is 1. The van der Waals surface area contributed by atoms with Crippen LogP contribution in [0, 0.1) is 0 Å². The molecule has 1 aliphatic rings. The highest BCUT2D eigenvalue weighted by Gasteiger charge is 2.21. The summed E-state index contributed by atoms with van der Waals surface area (Å²) in [5.74, 6) is 0.174. The van der Waals surface area contributed by atoms with Crippen molar-refractivity contribution in [2.24, 2.45) is 0 Å². The molecule has 1 aromatic rings. The summed E-state index contributed by atoms with van der Waals surface area (Å²) in [7, 11) is 0. The lowest BCUT2D eigenvalue weighted by Gasteiger charge is -2.33. The van der Waals surface area contributed by atoms with Crippen LogP contribution in [0.3, 0.4) is 0 Å². The van der Waals surface area contributed by atoms with Crippen LogP contribution in [0.1, 0.15) is 9.67 Å². The van der Waals surface area contributed by atoms with E-state index < -0.39 is 0 Å². The molecule has 1 aromatic heterocycles. The Kier molecular flexibility index (Phi) is 3.74. The summed E-state index contributed by atoms with van der Waals surface area (Å²) < 4.78 is 0. The van der Waals surface area contributed by atoms with Crippen LogP contribution < -0.4 is 0 Å². The summed E-state index contributed by atoms with van der Waals surface area (Å²) in [4.78, 5) is 17.1. The first-order valence-electron chi connectivity index (χ1n) is 5.47. The van der Waals surface area contributed by atoms with Gasteiger partial charge in [0.2, 0.25) is 0 Å². The van der Waals surface area contributed by atoms with Crippen molar-refractivity contribution in [1.82, 2.24) is 9.80 Å². The predicted molar refractivity (Wildman–Crippen MR) is 66.9 cm³/mol. The molecule has 0 radical (unpaired) electrons. The van der Waals surface area contributed by atoms with E-state index in [4.69, 9.17) is 0 Å². The molecule has 1 amide bonds. The van der Waals surface area contributed by atoms with Gasteiger partial charge in [0.15, 0.2) is 0 Å². The third kappa shape index (κ3) is 2.51. The second-order valence-corrected chi connectivity index (χ2v) is 4.81. The number of carbonyl (C=O) groups excluding carboxylic acids is 1. The van der Waals surface area contributed by atoms with Crippen molar-refractivity contribution in [3.05, 3.63) is 35.0 Å². The molecule has 1 saturated heterocycles. The quantitative estimate of drug-likeness (QED) is 0.746. The minimum absolute atomic E-state index is 0.174. The minimum Gasteiger partial charge on any atom is -0.335 e. The van der Waals surface area contributed by atoms with Crippen LogP contribution in [-0.4, -0.2) is 48.4 Å². The topological polar surface area (TPSA) is 23.6 Å². The zero-order valence-corrected chi connectivity index (χ0v) is 10.1. The van der Waals surface area contributed by atoms with Gasteiger partial charge < -0.3 is 4.90 Å². The van der Waals surface area contributed by atoms with Gasteiger partial charge in [-0.2, -0.15) is 0 Å².